The van der Waals surface area contributed by atoms with E-state index in [0.29, 0.717) is 44.4 Å². The number of benzene rings is 2. The van der Waals surface area contributed by atoms with Gasteiger partial charge >= 0.3 is 0 Å². The second-order valence-electron chi connectivity index (χ2n) is 7.43. The minimum Gasteiger partial charge on any atom is -0.491 e. The summed E-state index contributed by atoms with van der Waals surface area (Å²) in [6.07, 6.45) is 0.957. The third-order valence-electron chi connectivity index (χ3n) is 4.34. The first-order valence-corrected chi connectivity index (χ1v) is 10.8. The van der Waals surface area contributed by atoms with Gasteiger partial charge < -0.3 is 30.6 Å². The van der Waals surface area contributed by atoms with E-state index >= 15 is 0 Å². The third-order valence-corrected chi connectivity index (χ3v) is 4.34. The van der Waals surface area contributed by atoms with Gasteiger partial charge in [0.05, 0.1) is 25.9 Å². The molecule has 0 radical (unpaired) electrons. The second kappa shape index (κ2) is 14.1. The molecule has 0 bridgehead atoms. The molecule has 2 aromatic carbocycles. The van der Waals surface area contributed by atoms with Crippen molar-refractivity contribution in [2.45, 2.75) is 32.9 Å². The summed E-state index contributed by atoms with van der Waals surface area (Å²) in [4.78, 5) is 15.9. The number of anilines is 1. The van der Waals surface area contributed by atoms with Crippen molar-refractivity contribution in [2.75, 3.05) is 38.8 Å². The average molecular weight is 443 g/mol. The maximum atomic E-state index is 11.2. The van der Waals surface area contributed by atoms with Crippen LogP contribution in [-0.4, -0.2) is 51.4 Å². The number of primary amides is 1. The Morgan fingerprint density at radius 1 is 1.03 bits per heavy atom. The largest absolute Gasteiger partial charge is 0.491 e. The van der Waals surface area contributed by atoms with Crippen LogP contribution in [0.3, 0.4) is 0 Å². The number of carbonyl (C=O) groups is 1. The van der Waals surface area contributed by atoms with Crippen LogP contribution in [0.1, 0.15) is 36.2 Å². The van der Waals surface area contributed by atoms with Crippen LogP contribution in [-0.2, 0) is 16.0 Å². The smallest absolute Gasteiger partial charge is 0.248 e. The zero-order chi connectivity index (χ0) is 23.2. The summed E-state index contributed by atoms with van der Waals surface area (Å²) in [5, 5.41) is 6.65. The maximum absolute atomic E-state index is 11.2. The van der Waals surface area contributed by atoms with Gasteiger partial charge in [0, 0.05) is 31.5 Å². The molecule has 0 aliphatic carbocycles. The van der Waals surface area contributed by atoms with Crippen LogP contribution in [0.15, 0.2) is 53.5 Å². The highest BCUT2D eigenvalue weighted by molar-refractivity contribution is 5.94. The number of methoxy groups -OCH3 is 1. The topological polar surface area (TPSA) is 107 Å². The van der Waals surface area contributed by atoms with E-state index in [1.165, 1.54) is 0 Å². The lowest BCUT2D eigenvalue weighted by atomic mass is 10.1. The molecule has 4 N–H and O–H groups in total. The van der Waals surface area contributed by atoms with Crippen LogP contribution < -0.4 is 21.1 Å². The molecule has 0 heterocycles. The van der Waals surface area contributed by atoms with Crippen molar-refractivity contribution in [3.8, 4) is 5.75 Å². The van der Waals surface area contributed by atoms with Crippen LogP contribution >= 0.6 is 0 Å². The minimum absolute atomic E-state index is 0.125. The highest BCUT2D eigenvalue weighted by Crippen LogP contribution is 2.17. The van der Waals surface area contributed by atoms with Gasteiger partial charge in [0.25, 0.3) is 0 Å². The van der Waals surface area contributed by atoms with Crippen LogP contribution in [0.5, 0.6) is 5.75 Å². The van der Waals surface area contributed by atoms with Crippen molar-refractivity contribution in [3.63, 3.8) is 0 Å². The van der Waals surface area contributed by atoms with Crippen molar-refractivity contribution >= 4 is 17.6 Å². The number of aliphatic imine (C=N–C) groups is 1. The standard InChI is InChI=1S/C24H34N4O4/c1-18(2)32-22-11-9-21(10-12-22)28-24(26-13-4-14-31-16-15-30-3)27-17-19-5-7-20(8-6-19)23(25)29/h5-12,18H,4,13-17H2,1-3H3,(H2,25,29)(H2,26,27,28). The number of nitrogens with one attached hydrogen (secondary N) is 2. The van der Waals surface area contributed by atoms with E-state index in [1.807, 2.05) is 50.2 Å². The van der Waals surface area contributed by atoms with E-state index in [4.69, 9.17) is 19.9 Å². The van der Waals surface area contributed by atoms with Gasteiger partial charge in [-0.15, -0.1) is 0 Å². The molecule has 2 aromatic rings. The molecule has 0 aromatic heterocycles. The van der Waals surface area contributed by atoms with Gasteiger partial charge in [-0.2, -0.15) is 0 Å². The molecule has 2 rings (SSSR count). The number of nitrogens with two attached hydrogens (primary N) is 1. The Balaban J connectivity index is 1.97. The maximum Gasteiger partial charge on any atom is 0.248 e. The zero-order valence-corrected chi connectivity index (χ0v) is 19.1. The first kappa shape index (κ1) is 25.2. The average Bonchev–Trinajstić information content (AvgIpc) is 2.77. The number of hydrogen-bond acceptors (Lipinski definition) is 5. The Hall–Kier alpha value is -3.10. The predicted molar refractivity (Wildman–Crippen MR) is 127 cm³/mol. The van der Waals surface area contributed by atoms with E-state index in [-0.39, 0.29) is 6.10 Å². The van der Waals surface area contributed by atoms with E-state index in [9.17, 15) is 4.79 Å². The first-order valence-electron chi connectivity index (χ1n) is 10.8. The van der Waals surface area contributed by atoms with E-state index in [2.05, 4.69) is 15.6 Å². The molecule has 32 heavy (non-hydrogen) atoms. The number of hydrogen-bond donors (Lipinski definition) is 3. The highest BCUT2D eigenvalue weighted by Gasteiger charge is 2.04. The van der Waals surface area contributed by atoms with Crippen LogP contribution in [0.25, 0.3) is 0 Å². The highest BCUT2D eigenvalue weighted by atomic mass is 16.5. The van der Waals surface area contributed by atoms with Crippen molar-refractivity contribution in [1.29, 1.82) is 0 Å². The van der Waals surface area contributed by atoms with Crippen molar-refractivity contribution in [3.05, 3.63) is 59.7 Å². The lowest BCUT2D eigenvalue weighted by Crippen LogP contribution is -2.32. The molecule has 0 saturated carbocycles. The molecule has 0 aliphatic rings. The molecule has 0 saturated heterocycles. The molecule has 8 heteroatoms. The molecule has 0 spiro atoms. The summed E-state index contributed by atoms with van der Waals surface area (Å²) in [7, 11) is 1.66. The van der Waals surface area contributed by atoms with Gasteiger partial charge in [-0.1, -0.05) is 12.1 Å². The lowest BCUT2D eigenvalue weighted by Gasteiger charge is -2.14. The summed E-state index contributed by atoms with van der Waals surface area (Å²) >= 11 is 0. The number of ether oxygens (including phenoxy) is 3. The van der Waals surface area contributed by atoms with Crippen LogP contribution in [0.2, 0.25) is 0 Å². The molecule has 0 unspecified atom stereocenters. The van der Waals surface area contributed by atoms with E-state index in [0.717, 1.165) is 23.4 Å². The number of rotatable bonds is 13. The van der Waals surface area contributed by atoms with Crippen molar-refractivity contribution < 1.29 is 19.0 Å². The number of guanidine groups is 1. The SMILES string of the molecule is COCCOCCCNC(=NCc1ccc(C(N)=O)cc1)Nc1ccc(OC(C)C)cc1. The van der Waals surface area contributed by atoms with E-state index in [1.54, 1.807) is 19.2 Å². The van der Waals surface area contributed by atoms with Crippen molar-refractivity contribution in [1.82, 2.24) is 5.32 Å². The molecule has 0 fully saturated rings. The van der Waals surface area contributed by atoms with Gasteiger partial charge in [0.2, 0.25) is 5.91 Å². The van der Waals surface area contributed by atoms with E-state index < -0.39 is 5.91 Å². The normalized spacial score (nSPS) is 11.4. The van der Waals surface area contributed by atoms with Crippen LogP contribution in [0, 0.1) is 0 Å². The van der Waals surface area contributed by atoms with Gasteiger partial charge in [0.1, 0.15) is 5.75 Å². The Morgan fingerprint density at radius 2 is 1.75 bits per heavy atom. The Bertz CT molecular complexity index is 836. The Labute approximate surface area is 190 Å². The summed E-state index contributed by atoms with van der Waals surface area (Å²) < 4.78 is 16.2. The molecular weight excluding hydrogens is 408 g/mol. The third kappa shape index (κ3) is 9.80. The van der Waals surface area contributed by atoms with Gasteiger partial charge in [0.15, 0.2) is 5.96 Å². The zero-order valence-electron chi connectivity index (χ0n) is 19.1. The molecule has 0 atom stereocenters. The number of nitrogens with zero attached hydrogens (tertiary/aromatic N) is 1. The monoisotopic (exact) mass is 442 g/mol. The molecule has 8 nitrogen and oxygen atoms in total. The molecule has 1 amide bonds. The second-order valence-corrected chi connectivity index (χ2v) is 7.43. The first-order chi connectivity index (χ1) is 15.5. The summed E-state index contributed by atoms with van der Waals surface area (Å²) in [5.74, 6) is 1.03. The predicted octanol–water partition coefficient (Wildman–Crippen LogP) is 3.18. The summed E-state index contributed by atoms with van der Waals surface area (Å²) in [6.45, 7) is 6.96. The molecule has 0 aliphatic heterocycles. The Morgan fingerprint density at radius 3 is 2.38 bits per heavy atom. The summed E-state index contributed by atoms with van der Waals surface area (Å²) in [5.41, 5.74) is 7.65. The minimum atomic E-state index is -0.443. The van der Waals surface area contributed by atoms with Gasteiger partial charge in [-0.05, 0) is 62.2 Å². The fraction of sp³-hybridized carbons (Fsp3) is 0.417. The van der Waals surface area contributed by atoms with Crippen molar-refractivity contribution in [2.24, 2.45) is 10.7 Å². The fourth-order valence-electron chi connectivity index (χ4n) is 2.74. The fourth-order valence-corrected chi connectivity index (χ4v) is 2.74. The number of carbonyl (C=O) groups excluding carboxylic acids is 1. The van der Waals surface area contributed by atoms with Gasteiger partial charge in [-0.3, -0.25) is 4.79 Å². The lowest BCUT2D eigenvalue weighted by molar-refractivity contribution is 0.0699. The quantitative estimate of drug-likeness (QED) is 0.250. The summed E-state index contributed by atoms with van der Waals surface area (Å²) in [6, 6.07) is 14.9. The number of amides is 1. The molecule has 174 valence electrons. The molecular formula is C24H34N4O4. The van der Waals surface area contributed by atoms with Gasteiger partial charge in [-0.25, -0.2) is 4.99 Å². The Kier molecular flexibility index (Phi) is 11.1. The van der Waals surface area contributed by atoms with Crippen LogP contribution in [0.4, 0.5) is 5.69 Å².